The molecule has 2 fully saturated rings. The summed E-state index contributed by atoms with van der Waals surface area (Å²) in [6.07, 6.45) is -1.78. The van der Waals surface area contributed by atoms with Crippen LogP contribution in [0.2, 0.25) is 0 Å². The van der Waals surface area contributed by atoms with Crippen molar-refractivity contribution in [1.29, 1.82) is 0 Å². The molecule has 16 heteroatoms. The topological polar surface area (TPSA) is 196 Å². The van der Waals surface area contributed by atoms with Crippen molar-refractivity contribution in [1.82, 2.24) is 0 Å². The summed E-state index contributed by atoms with van der Waals surface area (Å²) in [7, 11) is -9.49. The van der Waals surface area contributed by atoms with E-state index in [2.05, 4.69) is 4.74 Å². The van der Waals surface area contributed by atoms with E-state index in [1.54, 1.807) is 0 Å². The smallest absolute Gasteiger partial charge is 0.748 e. The molecule has 0 amide bonds. The van der Waals surface area contributed by atoms with Crippen LogP contribution in [0.25, 0.3) is 0 Å². The number of carbonyl (C=O) groups excluding carboxylic acids is 1. The molecule has 0 aromatic rings. The normalized spacial score (nSPS) is 30.9. The number of hydrogen-bond acceptors (Lipinski definition) is 11. The number of rotatable bonds is 10. The molecule has 0 saturated heterocycles. The third kappa shape index (κ3) is 10.5. The first-order valence-electron chi connectivity index (χ1n) is 9.38. The Hall–Kier alpha value is 1.95. The molecule has 0 aromatic carbocycles. The first-order valence-corrected chi connectivity index (χ1v) is 12.3. The second kappa shape index (κ2) is 15.3. The molecule has 6 atom stereocenters. The number of ether oxygens (including phenoxy) is 3. The van der Waals surface area contributed by atoms with Crippen molar-refractivity contribution in [3.63, 3.8) is 0 Å². The molecule has 2 aliphatic rings. The van der Waals surface area contributed by atoms with Gasteiger partial charge < -0.3 is 28.4 Å². The average Bonchev–Trinajstić information content (AvgIpc) is 2.64. The summed E-state index contributed by atoms with van der Waals surface area (Å²) in [5, 5.41) is 6.12. The first kappa shape index (κ1) is 34.0. The zero-order chi connectivity index (χ0) is 22.5. The van der Waals surface area contributed by atoms with Crippen LogP contribution < -0.4 is 103 Å². The summed E-state index contributed by atoms with van der Waals surface area (Å²) in [5.74, 6) is -2.60. The number of carbonyl (C=O) groups is 2. The number of hydrogen-bond donors (Lipinski definition) is 1. The molecular formula is C16H24K2O12S2. The molecule has 0 aromatic heterocycles. The summed E-state index contributed by atoms with van der Waals surface area (Å²) in [4.78, 5) is 21.6. The van der Waals surface area contributed by atoms with Gasteiger partial charge in [0.05, 0.1) is 52.0 Å². The van der Waals surface area contributed by atoms with E-state index in [1.807, 2.05) is 0 Å². The van der Waals surface area contributed by atoms with E-state index >= 15 is 0 Å². The maximum absolute atomic E-state index is 11.4. The Morgan fingerprint density at radius 1 is 0.875 bits per heavy atom. The van der Waals surface area contributed by atoms with Crippen molar-refractivity contribution >= 4 is 32.7 Å². The second-order valence-electron chi connectivity index (χ2n) is 7.39. The van der Waals surface area contributed by atoms with E-state index in [1.165, 1.54) is 0 Å². The molecule has 2 aliphatic carbocycles. The summed E-state index contributed by atoms with van der Waals surface area (Å²) < 4.78 is 84.0. The van der Waals surface area contributed by atoms with Gasteiger partial charge in [-0.1, -0.05) is 0 Å². The largest absolute Gasteiger partial charge is 1.00 e. The predicted octanol–water partition coefficient (Wildman–Crippen LogP) is -6.80. The van der Waals surface area contributed by atoms with Gasteiger partial charge in [0.2, 0.25) is 0 Å². The van der Waals surface area contributed by atoms with E-state index in [-0.39, 0.29) is 155 Å². The number of carboxylic acid groups (broad SMARTS) is 1. The second-order valence-corrected chi connectivity index (χ2v) is 10.6. The predicted molar refractivity (Wildman–Crippen MR) is 96.2 cm³/mol. The van der Waals surface area contributed by atoms with Crippen molar-refractivity contribution in [2.45, 2.75) is 67.3 Å². The zero-order valence-corrected chi connectivity index (χ0v) is 25.8. The van der Waals surface area contributed by atoms with Crippen LogP contribution in [0.4, 0.5) is 0 Å². The molecule has 0 aliphatic heterocycles. The molecule has 0 heterocycles. The molecule has 0 spiro atoms. The van der Waals surface area contributed by atoms with Crippen LogP contribution in [-0.2, 0) is 44.0 Å². The minimum Gasteiger partial charge on any atom is -0.748 e. The third-order valence-electron chi connectivity index (χ3n) is 5.51. The van der Waals surface area contributed by atoms with Crippen molar-refractivity contribution in [2.75, 3.05) is 13.2 Å². The summed E-state index contributed by atoms with van der Waals surface area (Å²) >= 11 is 0. The Morgan fingerprint density at radius 3 is 1.78 bits per heavy atom. The fourth-order valence-electron chi connectivity index (χ4n) is 4.02. The van der Waals surface area contributed by atoms with Gasteiger partial charge >= 0.3 is 109 Å². The Balaban J connectivity index is 0.00000480. The van der Waals surface area contributed by atoms with Crippen LogP contribution >= 0.6 is 0 Å². The quantitative estimate of drug-likeness (QED) is 0.117. The Bertz CT molecular complexity index is 819. The number of aliphatic carboxylic acids is 1. The zero-order valence-electron chi connectivity index (χ0n) is 18.0. The Morgan fingerprint density at radius 2 is 1.34 bits per heavy atom. The third-order valence-corrected chi connectivity index (χ3v) is 8.01. The van der Waals surface area contributed by atoms with Crippen molar-refractivity contribution in [3.05, 3.63) is 0 Å². The van der Waals surface area contributed by atoms with Crippen LogP contribution in [0, 0.1) is 5.92 Å². The molecule has 0 radical (unpaired) electrons. The molecular weight excluding hydrogens is 526 g/mol. The first-order chi connectivity index (χ1) is 13.9. The van der Waals surface area contributed by atoms with E-state index < -0.39 is 60.9 Å². The monoisotopic (exact) mass is 550 g/mol. The summed E-state index contributed by atoms with van der Waals surface area (Å²) in [6, 6.07) is 0. The van der Waals surface area contributed by atoms with Gasteiger partial charge in [-0.25, -0.2) is 16.8 Å². The number of carboxylic acids is 1. The Kier molecular flexibility index (Phi) is 16.2. The molecule has 2 rings (SSSR count). The van der Waals surface area contributed by atoms with Gasteiger partial charge in [0, 0.05) is 0 Å². The average molecular weight is 551 g/mol. The van der Waals surface area contributed by atoms with Gasteiger partial charge in [-0.2, -0.15) is 0 Å². The van der Waals surface area contributed by atoms with Crippen LogP contribution in [-0.4, -0.2) is 85.5 Å². The Labute approximate surface area is 272 Å². The summed E-state index contributed by atoms with van der Waals surface area (Å²) in [5.41, 5.74) is 0. The molecule has 174 valence electrons. The summed E-state index contributed by atoms with van der Waals surface area (Å²) in [6.45, 7) is 0.128. The van der Waals surface area contributed by atoms with E-state index in [0.717, 1.165) is 0 Å². The molecule has 12 nitrogen and oxygen atoms in total. The van der Waals surface area contributed by atoms with Crippen LogP contribution in [0.3, 0.4) is 0 Å². The maximum Gasteiger partial charge on any atom is 1.00 e. The van der Waals surface area contributed by atoms with E-state index in [4.69, 9.17) is 14.6 Å². The van der Waals surface area contributed by atoms with Crippen LogP contribution in [0.1, 0.15) is 38.5 Å². The fourth-order valence-corrected chi connectivity index (χ4v) is 6.15. The SMILES string of the molecule is O=COC1CCC(OCCOC2CCC(C(=O)O)C(S(=O)(=O)[O-])C2)CC1S(=O)(=O)[O-].[K+].[K+]. The van der Waals surface area contributed by atoms with Gasteiger partial charge in [0.15, 0.2) is 0 Å². The van der Waals surface area contributed by atoms with Gasteiger partial charge in [0.25, 0.3) is 6.47 Å². The van der Waals surface area contributed by atoms with Gasteiger partial charge in [-0.3, -0.25) is 9.59 Å². The minimum absolute atomic E-state index is 0. The van der Waals surface area contributed by atoms with Crippen LogP contribution in [0.15, 0.2) is 0 Å². The molecule has 0 bridgehead atoms. The van der Waals surface area contributed by atoms with Gasteiger partial charge in [-0.15, -0.1) is 0 Å². The van der Waals surface area contributed by atoms with Crippen molar-refractivity contribution in [2.24, 2.45) is 5.92 Å². The van der Waals surface area contributed by atoms with E-state index in [0.29, 0.717) is 6.42 Å². The van der Waals surface area contributed by atoms with Gasteiger partial charge in [0.1, 0.15) is 16.2 Å². The van der Waals surface area contributed by atoms with Crippen molar-refractivity contribution < 1.29 is 158 Å². The fraction of sp³-hybridized carbons (Fsp3) is 0.875. The molecule has 2 saturated carbocycles. The molecule has 32 heavy (non-hydrogen) atoms. The standard InChI is InChI=1S/C16H26O12S2.2K/c17-9-28-13-4-2-11(8-15(13)30(23,24)25)27-6-5-26-10-1-3-12(16(18)19)14(7-10)29(20,21)22;;/h9-15H,1-8H2,(H,18,19)(H,20,21,22)(H,23,24,25);;/q;2*+1/p-2. The maximum atomic E-state index is 11.4. The van der Waals surface area contributed by atoms with E-state index in [9.17, 15) is 35.5 Å². The van der Waals surface area contributed by atoms with Crippen LogP contribution in [0.5, 0.6) is 0 Å². The van der Waals surface area contributed by atoms with Crippen molar-refractivity contribution in [3.8, 4) is 0 Å². The minimum atomic E-state index is -4.80. The molecule has 1 N–H and O–H groups in total. The molecule has 6 unspecified atom stereocenters. The van der Waals surface area contributed by atoms with Gasteiger partial charge in [-0.05, 0) is 38.5 Å².